The highest BCUT2D eigenvalue weighted by Crippen LogP contribution is 2.56. The van der Waals surface area contributed by atoms with E-state index in [0.717, 1.165) is 18.3 Å². The summed E-state index contributed by atoms with van der Waals surface area (Å²) in [5.74, 6) is -1.02. The van der Waals surface area contributed by atoms with Gasteiger partial charge in [0.25, 0.3) is 0 Å². The summed E-state index contributed by atoms with van der Waals surface area (Å²) >= 11 is 0. The zero-order valence-electron chi connectivity index (χ0n) is 25.6. The summed E-state index contributed by atoms with van der Waals surface area (Å²) in [5.41, 5.74) is 5.74. The average molecular weight is 671 g/mol. The van der Waals surface area contributed by atoms with Crippen LogP contribution in [0.5, 0.6) is 0 Å². The molecule has 0 heterocycles. The van der Waals surface area contributed by atoms with E-state index in [1.807, 2.05) is 18.2 Å². The van der Waals surface area contributed by atoms with Crippen molar-refractivity contribution in [3.8, 4) is 0 Å². The van der Waals surface area contributed by atoms with Crippen molar-refractivity contribution < 1.29 is 28.7 Å². The number of carbonyl (C=O) groups is 4. The summed E-state index contributed by atoms with van der Waals surface area (Å²) in [6, 6.07) is 30.3. The Labute approximate surface area is 273 Å². The first-order valence-corrected chi connectivity index (χ1v) is 19.0. The number of rotatable bonds is 18. The fourth-order valence-electron chi connectivity index (χ4n) is 4.78. The number of ether oxygens (including phenoxy) is 2. The second kappa shape index (κ2) is 19.2. The van der Waals surface area contributed by atoms with Gasteiger partial charge < -0.3 is 25.8 Å². The lowest BCUT2D eigenvalue weighted by molar-refractivity contribution is -0.142. The van der Waals surface area contributed by atoms with Gasteiger partial charge in [-0.05, 0) is 49.2 Å². The second-order valence-corrected chi connectivity index (χ2v) is 16.3. The van der Waals surface area contributed by atoms with E-state index in [1.54, 1.807) is 10.8 Å². The van der Waals surface area contributed by atoms with Crippen molar-refractivity contribution in [2.45, 2.75) is 31.3 Å². The molecule has 0 spiro atoms. The minimum absolute atomic E-state index is 0.0564. The average Bonchev–Trinajstić information content (AvgIpc) is 3.09. The molecule has 3 aromatic carbocycles. The monoisotopic (exact) mass is 670 g/mol. The molecule has 2 amide bonds. The van der Waals surface area contributed by atoms with Crippen molar-refractivity contribution >= 4 is 68.5 Å². The lowest BCUT2D eigenvalue weighted by atomic mass is 10.1. The van der Waals surface area contributed by atoms with Gasteiger partial charge in [-0.2, -0.15) is 0 Å². The number of hydrogen-bond acceptors (Lipinski definition) is 9. The van der Waals surface area contributed by atoms with Crippen molar-refractivity contribution in [2.75, 3.05) is 38.4 Å². The van der Waals surface area contributed by atoms with Crippen molar-refractivity contribution in [1.29, 1.82) is 0 Å². The van der Waals surface area contributed by atoms with Gasteiger partial charge in [0, 0.05) is 17.9 Å². The molecule has 3 rings (SSSR count). The predicted octanol–water partition coefficient (Wildman–Crippen LogP) is 2.81. The van der Waals surface area contributed by atoms with E-state index in [2.05, 4.69) is 92.9 Å². The molecule has 0 aliphatic carbocycles. The Bertz CT molecular complexity index is 1270. The lowest BCUT2D eigenvalue weighted by Gasteiger charge is -2.27. The van der Waals surface area contributed by atoms with Gasteiger partial charge in [0.05, 0.1) is 20.4 Å². The number of benzene rings is 3. The molecule has 0 aliphatic rings. The van der Waals surface area contributed by atoms with E-state index < -0.39 is 43.1 Å². The summed E-state index contributed by atoms with van der Waals surface area (Å²) < 4.78 is 9.21. The van der Waals surface area contributed by atoms with E-state index in [0.29, 0.717) is 0 Å². The van der Waals surface area contributed by atoms with Gasteiger partial charge in [0.2, 0.25) is 11.8 Å². The zero-order chi connectivity index (χ0) is 32.5. The third kappa shape index (κ3) is 10.9. The van der Waals surface area contributed by atoms with Gasteiger partial charge in [-0.1, -0.05) is 76.2 Å². The molecule has 0 unspecified atom stereocenters. The molecule has 0 bridgehead atoms. The van der Waals surface area contributed by atoms with Gasteiger partial charge in [-0.25, -0.2) is 0 Å². The van der Waals surface area contributed by atoms with Crippen LogP contribution < -0.4 is 32.3 Å². The van der Waals surface area contributed by atoms with Crippen molar-refractivity contribution in [2.24, 2.45) is 5.73 Å². The summed E-state index contributed by atoms with van der Waals surface area (Å²) in [7, 11) is 3.64. The summed E-state index contributed by atoms with van der Waals surface area (Å²) in [5, 5.41) is 9.22. The van der Waals surface area contributed by atoms with E-state index >= 15 is 0 Å². The van der Waals surface area contributed by atoms with E-state index in [9.17, 15) is 19.2 Å². The molecule has 0 aromatic heterocycles. The number of hydrogen-bond donors (Lipinski definition) is 3. The Morgan fingerprint density at radius 1 is 0.800 bits per heavy atom. The standard InChI is InChI=1S/C33H40N3O6PS2/c1-41-31(38)23-35-32(39)29(36-30(37)20-19-28(34)33(40)42-2)24-45-44-22-12-21-43(25-13-6-3-7-14-25,26-15-8-4-9-16-26)27-17-10-5-11-18-27/h3-11,13-18,28-29H,12,19-24,34H2,1-2H3,(H-,35,36,37,39)/p+1/t28-,29-/m0/s1. The molecule has 4 N–H and O–H groups in total. The maximum atomic E-state index is 12.9. The van der Waals surface area contributed by atoms with Gasteiger partial charge in [0.15, 0.2) is 0 Å². The second-order valence-electron chi connectivity index (χ2n) is 10.1. The highest BCUT2D eigenvalue weighted by molar-refractivity contribution is 8.76. The number of carbonyl (C=O) groups excluding carboxylic acids is 4. The van der Waals surface area contributed by atoms with Gasteiger partial charge in [-0.15, -0.1) is 0 Å². The Balaban J connectivity index is 1.65. The number of nitrogens with one attached hydrogen (secondary N) is 2. The van der Waals surface area contributed by atoms with Gasteiger partial charge in [-0.3, -0.25) is 19.2 Å². The molecule has 240 valence electrons. The molecule has 2 atom stereocenters. The van der Waals surface area contributed by atoms with E-state index in [1.165, 1.54) is 40.9 Å². The molecule has 0 aliphatic heterocycles. The maximum absolute atomic E-state index is 12.9. The number of methoxy groups -OCH3 is 2. The van der Waals surface area contributed by atoms with Gasteiger partial charge in [0.1, 0.15) is 41.8 Å². The quantitative estimate of drug-likeness (QED) is 0.0808. The fourth-order valence-corrected chi connectivity index (χ4v) is 11.6. The first-order chi connectivity index (χ1) is 21.8. The van der Waals surface area contributed by atoms with Crippen LogP contribution in [-0.2, 0) is 28.7 Å². The Hall–Kier alpha value is -3.37. The van der Waals surface area contributed by atoms with Crippen LogP contribution >= 0.6 is 28.9 Å². The van der Waals surface area contributed by atoms with Crippen LogP contribution in [0.2, 0.25) is 0 Å². The normalized spacial score (nSPS) is 12.4. The van der Waals surface area contributed by atoms with E-state index in [-0.39, 0.29) is 25.1 Å². The molecular weight excluding hydrogens is 629 g/mol. The van der Waals surface area contributed by atoms with E-state index in [4.69, 9.17) is 5.73 Å². The molecule has 0 radical (unpaired) electrons. The molecule has 0 saturated carbocycles. The smallest absolute Gasteiger partial charge is 0.325 e. The van der Waals surface area contributed by atoms with Crippen LogP contribution in [0.25, 0.3) is 0 Å². The number of nitrogens with two attached hydrogens (primary N) is 1. The van der Waals surface area contributed by atoms with Crippen molar-refractivity contribution in [3.63, 3.8) is 0 Å². The number of amides is 2. The van der Waals surface area contributed by atoms with Crippen LogP contribution in [0, 0.1) is 0 Å². The highest BCUT2D eigenvalue weighted by Gasteiger charge is 2.44. The minimum atomic E-state index is -1.93. The Morgan fingerprint density at radius 3 is 1.82 bits per heavy atom. The molecule has 0 saturated heterocycles. The van der Waals surface area contributed by atoms with Crippen molar-refractivity contribution in [3.05, 3.63) is 91.0 Å². The summed E-state index contributed by atoms with van der Waals surface area (Å²) in [6.07, 6.45) is 1.92. The first-order valence-electron chi connectivity index (χ1n) is 14.6. The fraction of sp³-hybridized carbons (Fsp3) is 0.333. The van der Waals surface area contributed by atoms with Crippen LogP contribution in [0.3, 0.4) is 0 Å². The lowest BCUT2D eigenvalue weighted by Crippen LogP contribution is -2.49. The van der Waals surface area contributed by atoms with Crippen LogP contribution in [0.4, 0.5) is 0 Å². The van der Waals surface area contributed by atoms with Crippen LogP contribution in [0.1, 0.15) is 19.3 Å². The molecule has 9 nitrogen and oxygen atoms in total. The van der Waals surface area contributed by atoms with Crippen LogP contribution in [0.15, 0.2) is 91.0 Å². The molecular formula is C33H41N3O6PS2+. The SMILES string of the molecule is COC(=O)CNC(=O)[C@H](CSSCCC[P+](c1ccccc1)(c1ccccc1)c1ccccc1)NC(=O)CC[C@H](N)C(=O)OC. The minimum Gasteiger partial charge on any atom is -0.468 e. The summed E-state index contributed by atoms with van der Waals surface area (Å²) in [4.78, 5) is 48.6. The molecule has 0 fully saturated rings. The van der Waals surface area contributed by atoms with Gasteiger partial charge >= 0.3 is 11.9 Å². The maximum Gasteiger partial charge on any atom is 0.325 e. The highest BCUT2D eigenvalue weighted by atomic mass is 33.1. The Morgan fingerprint density at radius 2 is 1.33 bits per heavy atom. The summed E-state index contributed by atoms with van der Waals surface area (Å²) in [6.45, 7) is -0.309. The predicted molar refractivity (Wildman–Crippen MR) is 186 cm³/mol. The molecule has 12 heteroatoms. The molecule has 3 aromatic rings. The Kier molecular flexibility index (Phi) is 15.4. The van der Waals surface area contributed by atoms with Crippen LogP contribution in [-0.4, -0.2) is 74.3 Å². The third-order valence-electron chi connectivity index (χ3n) is 7.10. The molecule has 45 heavy (non-hydrogen) atoms. The zero-order valence-corrected chi connectivity index (χ0v) is 28.1. The number of esters is 2. The van der Waals surface area contributed by atoms with Crippen molar-refractivity contribution in [1.82, 2.24) is 10.6 Å². The topological polar surface area (TPSA) is 137 Å². The first kappa shape index (κ1) is 36.1. The third-order valence-corrected chi connectivity index (χ3v) is 14.1. The largest absolute Gasteiger partial charge is 0.468 e.